The van der Waals surface area contributed by atoms with Gasteiger partial charge in [0.05, 0.1) is 6.54 Å². The van der Waals surface area contributed by atoms with Gasteiger partial charge in [0, 0.05) is 5.56 Å². The molecule has 0 aliphatic carbocycles. The summed E-state index contributed by atoms with van der Waals surface area (Å²) in [7, 11) is 0. The minimum absolute atomic E-state index is 0.104. The Morgan fingerprint density at radius 3 is 2.38 bits per heavy atom. The summed E-state index contributed by atoms with van der Waals surface area (Å²) in [5.74, 6) is 0. The largest absolute Gasteiger partial charge is 0.239 e. The highest BCUT2D eigenvalue weighted by atomic mass is 15.4. The van der Waals surface area contributed by atoms with E-state index in [1.165, 1.54) is 5.56 Å². The van der Waals surface area contributed by atoms with Gasteiger partial charge in [-0.05, 0) is 17.9 Å². The Morgan fingerprint density at radius 1 is 1.29 bits per heavy atom. The molecule has 4 heteroatoms. The number of nitriles is 1. The van der Waals surface area contributed by atoms with Crippen molar-refractivity contribution < 1.29 is 0 Å². The molecule has 0 aliphatic heterocycles. The first-order valence-corrected chi connectivity index (χ1v) is 6.92. The lowest BCUT2D eigenvalue weighted by Gasteiger charge is -2.19. The Bertz CT molecular complexity index is 694. The van der Waals surface area contributed by atoms with Gasteiger partial charge in [-0.3, -0.25) is 0 Å². The normalized spacial score (nSPS) is 11.2. The topological polar surface area (TPSA) is 54.5 Å². The van der Waals surface area contributed by atoms with Gasteiger partial charge in [-0.1, -0.05) is 62.4 Å². The summed E-state index contributed by atoms with van der Waals surface area (Å²) in [6, 6.07) is 10.3. The van der Waals surface area contributed by atoms with E-state index < -0.39 is 0 Å². The number of hydrogen-bond donors (Lipinski definition) is 0. The second kappa shape index (κ2) is 5.53. The van der Waals surface area contributed by atoms with Gasteiger partial charge in [0.25, 0.3) is 0 Å². The molecule has 0 saturated carbocycles. The van der Waals surface area contributed by atoms with Crippen LogP contribution in [0.5, 0.6) is 0 Å². The Kier molecular flexibility index (Phi) is 3.95. The summed E-state index contributed by atoms with van der Waals surface area (Å²) in [6.45, 7) is 12.9. The maximum atomic E-state index is 9.22. The SMILES string of the molecule is C=C(C)Cn1nnc(C#N)c1-c1ccc(C(C)(C)C)cc1. The zero-order chi connectivity index (χ0) is 15.6. The van der Waals surface area contributed by atoms with Crippen LogP contribution in [0.4, 0.5) is 0 Å². The van der Waals surface area contributed by atoms with E-state index in [0.717, 1.165) is 16.8 Å². The first kappa shape index (κ1) is 15.0. The van der Waals surface area contributed by atoms with Crippen LogP contribution in [0.25, 0.3) is 11.3 Å². The van der Waals surface area contributed by atoms with Crippen molar-refractivity contribution in [3.8, 4) is 17.3 Å². The van der Waals surface area contributed by atoms with Crippen molar-refractivity contribution >= 4 is 0 Å². The summed E-state index contributed by atoms with van der Waals surface area (Å²) in [6.07, 6.45) is 0. The number of allylic oxidation sites excluding steroid dienone is 1. The molecule has 0 amide bonds. The first-order chi connectivity index (χ1) is 9.82. The summed E-state index contributed by atoms with van der Waals surface area (Å²) < 4.78 is 1.73. The van der Waals surface area contributed by atoms with E-state index in [2.05, 4.69) is 55.9 Å². The van der Waals surface area contributed by atoms with Crippen LogP contribution in [0.2, 0.25) is 0 Å². The minimum Gasteiger partial charge on any atom is -0.239 e. The standard InChI is InChI=1S/C17H20N4/c1-12(2)11-21-16(15(10-18)19-20-21)13-6-8-14(9-7-13)17(3,4)5/h6-9H,1,11H2,2-5H3. The molecule has 0 fully saturated rings. The number of hydrogen-bond acceptors (Lipinski definition) is 3. The van der Waals surface area contributed by atoms with Crippen molar-refractivity contribution in [3.05, 3.63) is 47.7 Å². The van der Waals surface area contributed by atoms with Crippen molar-refractivity contribution in [1.82, 2.24) is 15.0 Å². The highest BCUT2D eigenvalue weighted by Crippen LogP contribution is 2.27. The van der Waals surface area contributed by atoms with Crippen molar-refractivity contribution in [2.24, 2.45) is 0 Å². The molecular formula is C17H20N4. The molecule has 21 heavy (non-hydrogen) atoms. The second-order valence-electron chi connectivity index (χ2n) is 6.34. The summed E-state index contributed by atoms with van der Waals surface area (Å²) in [5.41, 5.74) is 4.37. The van der Waals surface area contributed by atoms with E-state index >= 15 is 0 Å². The zero-order valence-electron chi connectivity index (χ0n) is 13.0. The lowest BCUT2D eigenvalue weighted by Crippen LogP contribution is -2.10. The molecule has 2 rings (SSSR count). The maximum Gasteiger partial charge on any atom is 0.190 e. The number of benzene rings is 1. The Labute approximate surface area is 125 Å². The van der Waals surface area contributed by atoms with Crippen LogP contribution >= 0.6 is 0 Å². The smallest absolute Gasteiger partial charge is 0.190 e. The fourth-order valence-electron chi connectivity index (χ4n) is 2.17. The molecule has 0 unspecified atom stereocenters. The van der Waals surface area contributed by atoms with Gasteiger partial charge < -0.3 is 0 Å². The Hall–Kier alpha value is -2.41. The molecule has 4 nitrogen and oxygen atoms in total. The van der Waals surface area contributed by atoms with Gasteiger partial charge in [-0.25, -0.2) is 4.68 Å². The van der Waals surface area contributed by atoms with Crippen LogP contribution in [0, 0.1) is 11.3 Å². The quantitative estimate of drug-likeness (QED) is 0.806. The second-order valence-corrected chi connectivity index (χ2v) is 6.34. The molecule has 2 aromatic rings. The third kappa shape index (κ3) is 3.19. The van der Waals surface area contributed by atoms with Crippen LogP contribution < -0.4 is 0 Å². The molecule has 108 valence electrons. The lowest BCUT2D eigenvalue weighted by atomic mass is 9.86. The molecule has 0 bridgehead atoms. The van der Waals surface area contributed by atoms with Crippen LogP contribution in [0.1, 0.15) is 39.0 Å². The highest BCUT2D eigenvalue weighted by Gasteiger charge is 2.17. The lowest BCUT2D eigenvalue weighted by molar-refractivity contribution is 0.590. The molecular weight excluding hydrogens is 260 g/mol. The molecule has 0 aliphatic rings. The van der Waals surface area contributed by atoms with Crippen LogP contribution in [-0.2, 0) is 12.0 Å². The van der Waals surface area contributed by atoms with Crippen molar-refractivity contribution in [2.75, 3.05) is 0 Å². The molecule has 0 saturated heterocycles. The van der Waals surface area contributed by atoms with Crippen LogP contribution in [0.3, 0.4) is 0 Å². The van der Waals surface area contributed by atoms with Gasteiger partial charge in [-0.2, -0.15) is 5.26 Å². The van der Waals surface area contributed by atoms with Crippen LogP contribution in [0.15, 0.2) is 36.4 Å². The molecule has 0 atom stereocenters. The van der Waals surface area contributed by atoms with Gasteiger partial charge in [0.2, 0.25) is 0 Å². The van der Waals surface area contributed by atoms with Crippen molar-refractivity contribution in [3.63, 3.8) is 0 Å². The van der Waals surface area contributed by atoms with Crippen LogP contribution in [-0.4, -0.2) is 15.0 Å². The third-order valence-corrected chi connectivity index (χ3v) is 3.29. The number of rotatable bonds is 3. The van der Waals surface area contributed by atoms with E-state index in [-0.39, 0.29) is 5.41 Å². The third-order valence-electron chi connectivity index (χ3n) is 3.29. The molecule has 1 heterocycles. The minimum atomic E-state index is 0.104. The predicted molar refractivity (Wildman–Crippen MR) is 83.7 cm³/mol. The van der Waals surface area contributed by atoms with E-state index in [0.29, 0.717) is 12.2 Å². The highest BCUT2D eigenvalue weighted by molar-refractivity contribution is 5.65. The molecule has 0 radical (unpaired) electrons. The molecule has 0 N–H and O–H groups in total. The average molecular weight is 280 g/mol. The van der Waals surface area contributed by atoms with Gasteiger partial charge >= 0.3 is 0 Å². The Balaban J connectivity index is 2.48. The first-order valence-electron chi connectivity index (χ1n) is 6.92. The molecule has 1 aromatic carbocycles. The van der Waals surface area contributed by atoms with E-state index in [1.807, 2.05) is 19.1 Å². The monoisotopic (exact) mass is 280 g/mol. The summed E-state index contributed by atoms with van der Waals surface area (Å²) in [5, 5.41) is 17.2. The fourth-order valence-corrected chi connectivity index (χ4v) is 2.17. The van der Waals surface area contributed by atoms with E-state index in [4.69, 9.17) is 0 Å². The van der Waals surface area contributed by atoms with Gasteiger partial charge in [0.1, 0.15) is 11.8 Å². The van der Waals surface area contributed by atoms with Crippen molar-refractivity contribution in [1.29, 1.82) is 5.26 Å². The van der Waals surface area contributed by atoms with E-state index in [1.54, 1.807) is 4.68 Å². The number of nitrogens with zero attached hydrogens (tertiary/aromatic N) is 4. The molecule has 1 aromatic heterocycles. The number of aromatic nitrogens is 3. The molecule has 0 spiro atoms. The summed E-state index contributed by atoms with van der Waals surface area (Å²) >= 11 is 0. The van der Waals surface area contributed by atoms with Gasteiger partial charge in [-0.15, -0.1) is 5.10 Å². The Morgan fingerprint density at radius 2 is 1.90 bits per heavy atom. The average Bonchev–Trinajstić information content (AvgIpc) is 2.80. The zero-order valence-corrected chi connectivity index (χ0v) is 13.0. The fraction of sp³-hybridized carbons (Fsp3) is 0.353. The maximum absolute atomic E-state index is 9.22. The van der Waals surface area contributed by atoms with E-state index in [9.17, 15) is 5.26 Å². The predicted octanol–water partition coefficient (Wildman–Crippen LogP) is 3.69. The van der Waals surface area contributed by atoms with Crippen molar-refractivity contribution in [2.45, 2.75) is 39.7 Å². The van der Waals surface area contributed by atoms with Gasteiger partial charge in [0.15, 0.2) is 5.69 Å². The summed E-state index contributed by atoms with van der Waals surface area (Å²) in [4.78, 5) is 0.